The fourth-order valence-corrected chi connectivity index (χ4v) is 12.0. The molecule has 0 bridgehead atoms. The molecule has 64 heavy (non-hydrogen) atoms. The summed E-state index contributed by atoms with van der Waals surface area (Å²) in [5, 5.41) is 25.8. The SMILES string of the molecule is c1ccc2c(c1)cc1c3c(cccc32)-c2cc3c(-c4ccc5c6ccccc6c6ccccc6c5c4)c4ccccc4c(-c4ccc5c6ccccc6c6ccccc6c5c4)c3cc2-1. The summed E-state index contributed by atoms with van der Waals surface area (Å²) in [6.07, 6.45) is 0. The molecule has 0 amide bonds. The minimum absolute atomic E-state index is 1.23. The van der Waals surface area contributed by atoms with E-state index in [9.17, 15) is 0 Å². The van der Waals surface area contributed by atoms with Crippen LogP contribution in [0.1, 0.15) is 0 Å². The Labute approximate surface area is 368 Å². The second-order valence-corrected chi connectivity index (χ2v) is 17.8. The van der Waals surface area contributed by atoms with Gasteiger partial charge in [0.05, 0.1) is 0 Å². The van der Waals surface area contributed by atoms with Crippen LogP contribution in [0, 0.1) is 0 Å². The van der Waals surface area contributed by atoms with E-state index in [0.717, 1.165) is 0 Å². The van der Waals surface area contributed by atoms with Crippen LogP contribution in [0.15, 0.2) is 218 Å². The van der Waals surface area contributed by atoms with Gasteiger partial charge in [-0.25, -0.2) is 0 Å². The maximum Gasteiger partial charge on any atom is -0.00199 e. The molecule has 1 aliphatic rings. The highest BCUT2D eigenvalue weighted by molar-refractivity contribution is 6.31. The molecule has 0 atom stereocenters. The van der Waals surface area contributed by atoms with Crippen molar-refractivity contribution in [1.82, 2.24) is 0 Å². The van der Waals surface area contributed by atoms with E-state index in [1.807, 2.05) is 0 Å². The van der Waals surface area contributed by atoms with Gasteiger partial charge in [0.25, 0.3) is 0 Å². The first-order valence-corrected chi connectivity index (χ1v) is 22.4. The van der Waals surface area contributed by atoms with Crippen LogP contribution in [-0.4, -0.2) is 0 Å². The Morgan fingerprint density at radius 2 is 0.531 bits per heavy atom. The molecule has 14 aromatic carbocycles. The molecule has 0 spiro atoms. The summed E-state index contributed by atoms with van der Waals surface area (Å²) in [6, 6.07) is 82.6. The number of fused-ring (bicyclic) bond motifs is 19. The second-order valence-electron chi connectivity index (χ2n) is 17.8. The molecule has 14 aromatic rings. The highest BCUT2D eigenvalue weighted by atomic mass is 14.3. The molecule has 0 nitrogen and oxygen atoms in total. The topological polar surface area (TPSA) is 0 Å². The molecule has 0 fully saturated rings. The predicted octanol–water partition coefficient (Wildman–Crippen LogP) is 18.2. The van der Waals surface area contributed by atoms with Gasteiger partial charge in [0.2, 0.25) is 0 Å². The van der Waals surface area contributed by atoms with Gasteiger partial charge in [-0.2, -0.15) is 0 Å². The maximum absolute atomic E-state index is 2.55. The molecule has 15 rings (SSSR count). The van der Waals surface area contributed by atoms with E-state index in [0.29, 0.717) is 0 Å². The third-order valence-corrected chi connectivity index (χ3v) is 14.7. The van der Waals surface area contributed by atoms with Crippen molar-refractivity contribution < 1.29 is 0 Å². The summed E-state index contributed by atoms with van der Waals surface area (Å²) < 4.78 is 0. The smallest absolute Gasteiger partial charge is 0.00199 e. The van der Waals surface area contributed by atoms with Crippen LogP contribution < -0.4 is 0 Å². The zero-order chi connectivity index (χ0) is 41.6. The molecular formula is C64H36. The van der Waals surface area contributed by atoms with Crippen LogP contribution in [-0.2, 0) is 0 Å². The monoisotopic (exact) mass is 804 g/mol. The van der Waals surface area contributed by atoms with Gasteiger partial charge in [0.1, 0.15) is 0 Å². The summed E-state index contributed by atoms with van der Waals surface area (Å²) in [5.41, 5.74) is 10.3. The van der Waals surface area contributed by atoms with Crippen molar-refractivity contribution in [1.29, 1.82) is 0 Å². The highest BCUT2D eigenvalue weighted by Gasteiger charge is 2.27. The summed E-state index contributed by atoms with van der Waals surface area (Å²) in [6.45, 7) is 0. The molecule has 0 aromatic heterocycles. The predicted molar refractivity (Wildman–Crippen MR) is 277 cm³/mol. The van der Waals surface area contributed by atoms with Gasteiger partial charge < -0.3 is 0 Å². The molecule has 1 aliphatic carbocycles. The number of benzene rings is 14. The number of hydrogen-bond donors (Lipinski definition) is 0. The summed E-state index contributed by atoms with van der Waals surface area (Å²) >= 11 is 0. The summed E-state index contributed by atoms with van der Waals surface area (Å²) in [4.78, 5) is 0. The Kier molecular flexibility index (Phi) is 6.77. The largest absolute Gasteiger partial charge is 0.0616 e. The van der Waals surface area contributed by atoms with Crippen LogP contribution >= 0.6 is 0 Å². The molecule has 0 heterocycles. The van der Waals surface area contributed by atoms with Crippen molar-refractivity contribution in [3.8, 4) is 44.5 Å². The van der Waals surface area contributed by atoms with Crippen molar-refractivity contribution in [2.45, 2.75) is 0 Å². The fourth-order valence-electron chi connectivity index (χ4n) is 12.0. The Bertz CT molecular complexity index is 4340. The summed E-state index contributed by atoms with van der Waals surface area (Å²) in [7, 11) is 0. The van der Waals surface area contributed by atoms with Gasteiger partial charge in [-0.05, 0) is 183 Å². The lowest BCUT2D eigenvalue weighted by molar-refractivity contribution is 1.69. The van der Waals surface area contributed by atoms with Gasteiger partial charge in [0.15, 0.2) is 0 Å². The maximum atomic E-state index is 2.55. The zero-order valence-corrected chi connectivity index (χ0v) is 34.8. The Balaban J connectivity index is 1.10. The van der Waals surface area contributed by atoms with Gasteiger partial charge in [-0.1, -0.05) is 188 Å². The van der Waals surface area contributed by atoms with Gasteiger partial charge in [-0.3, -0.25) is 0 Å². The lowest BCUT2D eigenvalue weighted by Crippen LogP contribution is -1.93. The average Bonchev–Trinajstić information content (AvgIpc) is 3.67. The van der Waals surface area contributed by atoms with Crippen LogP contribution in [0.5, 0.6) is 0 Å². The Hall–Kier alpha value is -8.32. The minimum atomic E-state index is 1.23. The molecule has 0 unspecified atom stereocenters. The van der Waals surface area contributed by atoms with Gasteiger partial charge in [-0.15, -0.1) is 0 Å². The Morgan fingerprint density at radius 3 is 1.00 bits per heavy atom. The molecule has 0 saturated heterocycles. The fraction of sp³-hybridized carbons (Fsp3) is 0. The van der Waals surface area contributed by atoms with E-state index in [1.54, 1.807) is 0 Å². The molecule has 292 valence electrons. The molecule has 0 saturated carbocycles. The standard InChI is InChI=1S/C64H36/c1-2-15-40-37(14-1)32-59-58-36-61-60(35-57(58)54-27-13-26-51(40)64(54)59)62(38-28-30-49-45-20-5-3-16-41(45)43-18-7-9-22-47(43)55(49)33-38)52-24-11-12-25-53(52)63(61)39-29-31-50-46-21-6-4-17-42(46)44-19-8-10-23-48(44)56(50)34-39/h1-36H. The summed E-state index contributed by atoms with van der Waals surface area (Å²) in [5.74, 6) is 0. The lowest BCUT2D eigenvalue weighted by Gasteiger charge is -2.21. The van der Waals surface area contributed by atoms with E-state index >= 15 is 0 Å². The zero-order valence-electron chi connectivity index (χ0n) is 34.8. The van der Waals surface area contributed by atoms with Gasteiger partial charge >= 0.3 is 0 Å². The van der Waals surface area contributed by atoms with E-state index in [2.05, 4.69) is 218 Å². The number of hydrogen-bond acceptors (Lipinski definition) is 0. The van der Waals surface area contributed by atoms with Crippen molar-refractivity contribution in [3.63, 3.8) is 0 Å². The molecule has 0 radical (unpaired) electrons. The van der Waals surface area contributed by atoms with Crippen LogP contribution in [0.4, 0.5) is 0 Å². The minimum Gasteiger partial charge on any atom is -0.0616 e. The van der Waals surface area contributed by atoms with Crippen molar-refractivity contribution >= 4 is 108 Å². The van der Waals surface area contributed by atoms with E-state index in [-0.39, 0.29) is 0 Å². The van der Waals surface area contributed by atoms with E-state index in [4.69, 9.17) is 0 Å². The molecular weight excluding hydrogens is 769 g/mol. The third-order valence-electron chi connectivity index (χ3n) is 14.7. The van der Waals surface area contributed by atoms with Crippen LogP contribution in [0.25, 0.3) is 152 Å². The number of rotatable bonds is 2. The van der Waals surface area contributed by atoms with Gasteiger partial charge in [0, 0.05) is 0 Å². The third kappa shape index (κ3) is 4.51. The first kappa shape index (κ1) is 34.3. The van der Waals surface area contributed by atoms with Crippen molar-refractivity contribution in [2.24, 2.45) is 0 Å². The molecule has 0 N–H and O–H groups in total. The normalized spacial score (nSPS) is 12.4. The lowest BCUT2D eigenvalue weighted by atomic mass is 9.82. The molecule has 0 heteroatoms. The van der Waals surface area contributed by atoms with Crippen LogP contribution in [0.3, 0.4) is 0 Å². The van der Waals surface area contributed by atoms with Crippen molar-refractivity contribution in [3.05, 3.63) is 218 Å². The van der Waals surface area contributed by atoms with Crippen LogP contribution in [0.2, 0.25) is 0 Å². The first-order chi connectivity index (χ1) is 31.8. The molecule has 0 aliphatic heterocycles. The average molecular weight is 805 g/mol. The first-order valence-electron chi connectivity index (χ1n) is 22.4. The van der Waals surface area contributed by atoms with E-state index in [1.165, 1.54) is 152 Å². The second kappa shape index (κ2) is 12.6. The van der Waals surface area contributed by atoms with E-state index < -0.39 is 0 Å². The highest BCUT2D eigenvalue weighted by Crippen LogP contribution is 2.54. The Morgan fingerprint density at radius 1 is 0.172 bits per heavy atom. The quantitative estimate of drug-likeness (QED) is 0.121. The van der Waals surface area contributed by atoms with Crippen molar-refractivity contribution in [2.75, 3.05) is 0 Å².